The number of anilines is 1. The highest BCUT2D eigenvalue weighted by Gasteiger charge is 2.16. The van der Waals surface area contributed by atoms with E-state index < -0.39 is 12.0 Å². The average molecular weight is 271 g/mol. The Balaban J connectivity index is 2.20. The third-order valence-corrected chi connectivity index (χ3v) is 2.89. The Kier molecular flexibility index (Phi) is 4.60. The Hall–Kier alpha value is -2.49. The van der Waals surface area contributed by atoms with Crippen LogP contribution < -0.4 is 10.1 Å². The van der Waals surface area contributed by atoms with Crippen molar-refractivity contribution in [2.45, 2.75) is 19.4 Å². The summed E-state index contributed by atoms with van der Waals surface area (Å²) in [5, 5.41) is 12.1. The number of ether oxygens (including phenoxy) is 1. The zero-order valence-electron chi connectivity index (χ0n) is 11.2. The van der Waals surface area contributed by atoms with Gasteiger partial charge in [-0.25, -0.2) is 4.79 Å². The molecular formula is C16H17NO3. The lowest BCUT2D eigenvalue weighted by Gasteiger charge is -2.17. The van der Waals surface area contributed by atoms with Crippen LogP contribution in [0.1, 0.15) is 13.3 Å². The Bertz CT molecular complexity index is 569. The third-order valence-electron chi connectivity index (χ3n) is 2.89. The van der Waals surface area contributed by atoms with E-state index in [9.17, 15) is 4.79 Å². The number of rotatable bonds is 6. The average Bonchev–Trinajstić information content (AvgIpc) is 2.47. The molecule has 2 N–H and O–H groups in total. The molecule has 0 heterocycles. The number of benzene rings is 2. The molecule has 0 fully saturated rings. The number of carbonyl (C=O) groups is 1. The molecule has 0 saturated heterocycles. The molecule has 0 spiro atoms. The van der Waals surface area contributed by atoms with E-state index in [2.05, 4.69) is 5.32 Å². The summed E-state index contributed by atoms with van der Waals surface area (Å²) in [6, 6.07) is 16.1. The van der Waals surface area contributed by atoms with Crippen LogP contribution in [0.3, 0.4) is 0 Å². The number of carboxylic acid groups (broad SMARTS) is 1. The molecule has 0 aliphatic rings. The summed E-state index contributed by atoms with van der Waals surface area (Å²) in [7, 11) is 0. The summed E-state index contributed by atoms with van der Waals surface area (Å²) in [5.74, 6) is 0.450. The molecule has 0 saturated carbocycles. The third kappa shape index (κ3) is 3.51. The minimum absolute atomic E-state index is 0.495. The van der Waals surface area contributed by atoms with E-state index in [0.29, 0.717) is 23.6 Å². The first kappa shape index (κ1) is 13.9. The van der Waals surface area contributed by atoms with E-state index in [0.717, 1.165) is 0 Å². The van der Waals surface area contributed by atoms with Gasteiger partial charge in [0.1, 0.15) is 11.8 Å². The molecule has 0 bridgehead atoms. The Morgan fingerprint density at radius 1 is 1.15 bits per heavy atom. The molecular weight excluding hydrogens is 254 g/mol. The number of para-hydroxylation sites is 3. The van der Waals surface area contributed by atoms with Crippen molar-refractivity contribution in [2.75, 3.05) is 5.32 Å². The maximum absolute atomic E-state index is 11.1. The quantitative estimate of drug-likeness (QED) is 0.840. The predicted octanol–water partition coefficient (Wildman–Crippen LogP) is 3.75. The van der Waals surface area contributed by atoms with E-state index >= 15 is 0 Å². The van der Waals surface area contributed by atoms with Crippen LogP contribution in [-0.2, 0) is 4.79 Å². The van der Waals surface area contributed by atoms with E-state index in [1.165, 1.54) is 0 Å². The number of carboxylic acids is 1. The van der Waals surface area contributed by atoms with Gasteiger partial charge < -0.3 is 15.2 Å². The van der Waals surface area contributed by atoms with Crippen molar-refractivity contribution in [2.24, 2.45) is 0 Å². The molecule has 0 aliphatic carbocycles. The minimum Gasteiger partial charge on any atom is -0.480 e. The van der Waals surface area contributed by atoms with Crippen LogP contribution in [0, 0.1) is 0 Å². The van der Waals surface area contributed by atoms with Gasteiger partial charge in [-0.05, 0) is 30.7 Å². The largest absolute Gasteiger partial charge is 0.480 e. The number of nitrogens with one attached hydrogen (secondary N) is 1. The fourth-order valence-corrected chi connectivity index (χ4v) is 1.82. The first-order valence-corrected chi connectivity index (χ1v) is 6.52. The summed E-state index contributed by atoms with van der Waals surface area (Å²) < 4.78 is 5.78. The Morgan fingerprint density at radius 3 is 2.45 bits per heavy atom. The van der Waals surface area contributed by atoms with Gasteiger partial charge in [0.15, 0.2) is 5.75 Å². The highest BCUT2D eigenvalue weighted by Crippen LogP contribution is 2.29. The smallest absolute Gasteiger partial charge is 0.326 e. The van der Waals surface area contributed by atoms with E-state index in [-0.39, 0.29) is 0 Å². The molecule has 0 radical (unpaired) electrons. The SMILES string of the molecule is CCC(Nc1ccccc1Oc1ccccc1)C(=O)O. The summed E-state index contributed by atoms with van der Waals surface area (Å²) in [5.41, 5.74) is 0.672. The van der Waals surface area contributed by atoms with Gasteiger partial charge in [0, 0.05) is 0 Å². The summed E-state index contributed by atoms with van der Waals surface area (Å²) >= 11 is 0. The molecule has 4 heteroatoms. The maximum atomic E-state index is 11.1. The van der Waals surface area contributed by atoms with Crippen molar-refractivity contribution in [3.63, 3.8) is 0 Å². The van der Waals surface area contributed by atoms with Gasteiger partial charge in [-0.15, -0.1) is 0 Å². The molecule has 20 heavy (non-hydrogen) atoms. The predicted molar refractivity (Wildman–Crippen MR) is 78.3 cm³/mol. The highest BCUT2D eigenvalue weighted by atomic mass is 16.5. The molecule has 1 atom stereocenters. The molecule has 2 rings (SSSR count). The zero-order chi connectivity index (χ0) is 14.4. The second kappa shape index (κ2) is 6.61. The molecule has 2 aromatic carbocycles. The van der Waals surface area contributed by atoms with E-state index in [4.69, 9.17) is 9.84 Å². The van der Waals surface area contributed by atoms with Crippen LogP contribution >= 0.6 is 0 Å². The zero-order valence-corrected chi connectivity index (χ0v) is 11.2. The van der Waals surface area contributed by atoms with Crippen LogP contribution in [0.4, 0.5) is 5.69 Å². The topological polar surface area (TPSA) is 58.6 Å². The molecule has 0 amide bonds. The fraction of sp³-hybridized carbons (Fsp3) is 0.188. The van der Waals surface area contributed by atoms with Crippen LogP contribution in [0.15, 0.2) is 54.6 Å². The van der Waals surface area contributed by atoms with Gasteiger partial charge in [-0.1, -0.05) is 37.3 Å². The van der Waals surface area contributed by atoms with Crippen molar-refractivity contribution < 1.29 is 14.6 Å². The van der Waals surface area contributed by atoms with Crippen molar-refractivity contribution in [1.82, 2.24) is 0 Å². The van der Waals surface area contributed by atoms with Gasteiger partial charge in [-0.3, -0.25) is 0 Å². The summed E-state index contributed by atoms with van der Waals surface area (Å²) in [6.07, 6.45) is 0.495. The molecule has 0 aliphatic heterocycles. The first-order chi connectivity index (χ1) is 9.70. The maximum Gasteiger partial charge on any atom is 0.326 e. The molecule has 4 nitrogen and oxygen atoms in total. The normalized spacial score (nSPS) is 11.7. The second-order valence-corrected chi connectivity index (χ2v) is 4.35. The number of hydrogen-bond acceptors (Lipinski definition) is 3. The summed E-state index contributed by atoms with van der Waals surface area (Å²) in [6.45, 7) is 1.83. The molecule has 0 aromatic heterocycles. The van der Waals surface area contributed by atoms with Gasteiger partial charge in [-0.2, -0.15) is 0 Å². The van der Waals surface area contributed by atoms with Crippen molar-refractivity contribution in [3.8, 4) is 11.5 Å². The van der Waals surface area contributed by atoms with Crippen LogP contribution in [0.2, 0.25) is 0 Å². The van der Waals surface area contributed by atoms with E-state index in [1.54, 1.807) is 0 Å². The molecule has 104 valence electrons. The molecule has 1 unspecified atom stereocenters. The number of hydrogen-bond donors (Lipinski definition) is 2. The van der Waals surface area contributed by atoms with Crippen molar-refractivity contribution >= 4 is 11.7 Å². The molecule has 2 aromatic rings. The lowest BCUT2D eigenvalue weighted by molar-refractivity contribution is -0.137. The van der Waals surface area contributed by atoms with Crippen LogP contribution in [-0.4, -0.2) is 17.1 Å². The highest BCUT2D eigenvalue weighted by molar-refractivity contribution is 5.78. The van der Waals surface area contributed by atoms with Crippen molar-refractivity contribution in [3.05, 3.63) is 54.6 Å². The van der Waals surface area contributed by atoms with Gasteiger partial charge >= 0.3 is 5.97 Å². The fourth-order valence-electron chi connectivity index (χ4n) is 1.82. The van der Waals surface area contributed by atoms with Crippen molar-refractivity contribution in [1.29, 1.82) is 0 Å². The van der Waals surface area contributed by atoms with Gasteiger partial charge in [0.2, 0.25) is 0 Å². The van der Waals surface area contributed by atoms with Gasteiger partial charge in [0.05, 0.1) is 5.69 Å². The second-order valence-electron chi connectivity index (χ2n) is 4.35. The van der Waals surface area contributed by atoms with Crippen LogP contribution in [0.5, 0.6) is 11.5 Å². The Morgan fingerprint density at radius 2 is 1.80 bits per heavy atom. The van der Waals surface area contributed by atoms with Crippen LogP contribution in [0.25, 0.3) is 0 Å². The lowest BCUT2D eigenvalue weighted by atomic mass is 10.2. The first-order valence-electron chi connectivity index (χ1n) is 6.52. The monoisotopic (exact) mass is 271 g/mol. The lowest BCUT2D eigenvalue weighted by Crippen LogP contribution is -2.28. The van der Waals surface area contributed by atoms with Gasteiger partial charge in [0.25, 0.3) is 0 Å². The Labute approximate surface area is 118 Å². The minimum atomic E-state index is -0.873. The van der Waals surface area contributed by atoms with E-state index in [1.807, 2.05) is 61.5 Å². The summed E-state index contributed by atoms with van der Waals surface area (Å²) in [4.78, 5) is 11.1. The number of aliphatic carboxylic acids is 1. The standard InChI is InChI=1S/C16H17NO3/c1-2-13(16(18)19)17-14-10-6-7-11-15(14)20-12-8-4-3-5-9-12/h3-11,13,17H,2H2,1H3,(H,18,19).